The maximum Gasteiger partial charge on any atom is 0.324 e. The topological polar surface area (TPSA) is 185 Å². The fraction of sp³-hybridized carbons (Fsp3) is 0.571. The number of ether oxygens (including phenoxy) is 6. The molecule has 0 fully saturated rings. The van der Waals surface area contributed by atoms with E-state index in [4.69, 9.17) is 28.4 Å². The Hall–Kier alpha value is -5.34. The van der Waals surface area contributed by atoms with Crippen molar-refractivity contribution >= 4 is 49.4 Å². The lowest BCUT2D eigenvalue weighted by molar-refractivity contribution is -0.388. The minimum Gasteiger partial charge on any atom is -0.490 e. The summed E-state index contributed by atoms with van der Waals surface area (Å²) in [6.45, 7) is 12.7. The number of hydrogen-bond acceptors (Lipinski definition) is 12. The lowest BCUT2D eigenvalue weighted by Gasteiger charge is -2.21. The van der Waals surface area contributed by atoms with Crippen LogP contribution in [-0.4, -0.2) is 54.4 Å². The van der Waals surface area contributed by atoms with E-state index in [0.29, 0.717) is 69.3 Å². The number of benzene rings is 4. The van der Waals surface area contributed by atoms with Gasteiger partial charge in [0.25, 0.3) is 0 Å². The van der Waals surface area contributed by atoms with Crippen LogP contribution in [0.2, 0.25) is 0 Å². The molecule has 0 aliphatic heterocycles. The van der Waals surface area contributed by atoms with Crippen molar-refractivity contribution in [1.29, 1.82) is 0 Å². The van der Waals surface area contributed by atoms with Crippen molar-refractivity contribution < 1.29 is 43.2 Å². The number of hydrogen-bond donors (Lipinski definition) is 0. The average molecular weight is 796 g/mol. The molecule has 0 radical (unpaired) electrons. The minimum atomic E-state index is -0.709. The van der Waals surface area contributed by atoms with Crippen LogP contribution < -0.4 is 28.4 Å². The van der Waals surface area contributed by atoms with E-state index in [1.807, 2.05) is 41.5 Å². The van der Waals surface area contributed by atoms with Crippen LogP contribution in [0.25, 0.3) is 32.3 Å². The molecule has 0 aromatic heterocycles. The van der Waals surface area contributed by atoms with Crippen molar-refractivity contribution in [2.24, 2.45) is 0 Å². The van der Waals surface area contributed by atoms with E-state index in [9.17, 15) is 30.3 Å². The van der Waals surface area contributed by atoms with Gasteiger partial charge in [-0.05, 0) is 62.1 Å². The lowest BCUT2D eigenvalue weighted by atomic mass is 9.89. The molecule has 0 saturated carbocycles. The summed E-state index contributed by atoms with van der Waals surface area (Å²) in [6, 6.07) is 4.80. The molecule has 0 amide bonds. The maximum absolute atomic E-state index is 13.5. The zero-order valence-corrected chi connectivity index (χ0v) is 34.2. The van der Waals surface area contributed by atoms with Gasteiger partial charge in [0, 0.05) is 10.8 Å². The second kappa shape index (κ2) is 21.8. The van der Waals surface area contributed by atoms with Gasteiger partial charge >= 0.3 is 17.1 Å². The molecule has 4 rings (SSSR count). The zero-order chi connectivity index (χ0) is 41.5. The van der Waals surface area contributed by atoms with E-state index in [2.05, 4.69) is 0 Å². The molecule has 0 N–H and O–H groups in total. The van der Waals surface area contributed by atoms with Gasteiger partial charge in [0.15, 0.2) is 17.2 Å². The second-order valence-electron chi connectivity index (χ2n) is 13.9. The van der Waals surface area contributed by atoms with Gasteiger partial charge in [-0.25, -0.2) is 0 Å². The van der Waals surface area contributed by atoms with Crippen molar-refractivity contribution in [3.63, 3.8) is 0 Å². The van der Waals surface area contributed by atoms with Crippen LogP contribution in [0.4, 0.5) is 17.1 Å². The summed E-state index contributed by atoms with van der Waals surface area (Å²) in [5.74, 6) is -0.424. The quantitative estimate of drug-likeness (QED) is 0.0241. The number of rotatable bonds is 27. The van der Waals surface area contributed by atoms with Gasteiger partial charge in [0.1, 0.15) is 0 Å². The molecule has 0 unspecified atom stereocenters. The number of unbranched alkanes of at least 4 members (excludes halogenated alkanes) is 6. The summed E-state index contributed by atoms with van der Waals surface area (Å²) in [5.41, 5.74) is -1.92. The Kier molecular flexibility index (Phi) is 17.0. The highest BCUT2D eigenvalue weighted by molar-refractivity contribution is 6.34. The number of fused-ring (bicyclic) bond motifs is 6. The molecule has 312 valence electrons. The van der Waals surface area contributed by atoms with Gasteiger partial charge < -0.3 is 28.4 Å². The summed E-state index contributed by atoms with van der Waals surface area (Å²) in [7, 11) is 0. The predicted molar refractivity (Wildman–Crippen MR) is 221 cm³/mol. The molecule has 57 heavy (non-hydrogen) atoms. The Morgan fingerprint density at radius 3 is 1.04 bits per heavy atom. The van der Waals surface area contributed by atoms with Crippen LogP contribution in [0.15, 0.2) is 18.2 Å². The molecular formula is C42H57N3O12. The second-order valence-corrected chi connectivity index (χ2v) is 13.9. The summed E-state index contributed by atoms with van der Waals surface area (Å²) in [6.07, 6.45) is 8.12. The average Bonchev–Trinajstić information content (AvgIpc) is 3.18. The van der Waals surface area contributed by atoms with Crippen molar-refractivity contribution in [1.82, 2.24) is 0 Å². The van der Waals surface area contributed by atoms with E-state index >= 15 is 0 Å². The summed E-state index contributed by atoms with van der Waals surface area (Å²) in [5, 5.41) is 40.3. The van der Waals surface area contributed by atoms with E-state index in [0.717, 1.165) is 32.1 Å². The Morgan fingerprint density at radius 2 is 0.667 bits per heavy atom. The van der Waals surface area contributed by atoms with Crippen LogP contribution in [0.5, 0.6) is 34.5 Å². The highest BCUT2D eigenvalue weighted by Crippen LogP contribution is 2.59. The third kappa shape index (κ3) is 10.2. The van der Waals surface area contributed by atoms with Gasteiger partial charge in [0.2, 0.25) is 17.2 Å². The molecule has 0 bridgehead atoms. The van der Waals surface area contributed by atoms with Gasteiger partial charge in [0.05, 0.1) is 70.6 Å². The maximum atomic E-state index is 13.5. The van der Waals surface area contributed by atoms with Crippen LogP contribution in [0.1, 0.15) is 119 Å². The van der Waals surface area contributed by atoms with Crippen LogP contribution in [0.3, 0.4) is 0 Å². The Bertz CT molecular complexity index is 1980. The number of nitrogens with zero attached hydrogens (tertiary/aromatic N) is 3. The summed E-state index contributed by atoms with van der Waals surface area (Å²) < 4.78 is 37.0. The van der Waals surface area contributed by atoms with Crippen LogP contribution in [-0.2, 0) is 0 Å². The van der Waals surface area contributed by atoms with Gasteiger partial charge in [-0.2, -0.15) is 0 Å². The molecule has 15 nitrogen and oxygen atoms in total. The van der Waals surface area contributed by atoms with E-state index in [1.54, 1.807) is 18.2 Å². The highest BCUT2D eigenvalue weighted by atomic mass is 16.6. The van der Waals surface area contributed by atoms with E-state index < -0.39 is 43.3 Å². The third-order valence-corrected chi connectivity index (χ3v) is 9.52. The first kappa shape index (κ1) is 44.4. The first-order valence-electron chi connectivity index (χ1n) is 20.4. The largest absolute Gasteiger partial charge is 0.490 e. The Morgan fingerprint density at radius 1 is 0.386 bits per heavy atom. The molecular weight excluding hydrogens is 738 g/mol. The Balaban J connectivity index is 2.45. The monoisotopic (exact) mass is 795 g/mol. The Labute approximate surface area is 333 Å². The summed E-state index contributed by atoms with van der Waals surface area (Å²) in [4.78, 5) is 38.4. The number of nitro benzene ring substituents is 3. The predicted octanol–water partition coefficient (Wildman–Crippen LogP) is 11.9. The molecule has 0 atom stereocenters. The van der Waals surface area contributed by atoms with Crippen LogP contribution >= 0.6 is 0 Å². The molecule has 4 aromatic carbocycles. The van der Waals surface area contributed by atoms with E-state index in [-0.39, 0.29) is 70.6 Å². The molecule has 0 spiro atoms. The van der Waals surface area contributed by atoms with Crippen molar-refractivity contribution in [2.75, 3.05) is 39.6 Å². The summed E-state index contributed by atoms with van der Waals surface area (Å²) >= 11 is 0. The standard InChI is InChI=1S/C42H57N3O12/c1-7-13-19-52-31-25-28-29(26-32(31)53-20-14-8-2)35-36(34-30(28)27-33(54-21-15-9-3)40(37(34)43(46)47)55-22-16-10-4)39(45(50)51)42(57-24-18-12-6)41(38(35)44(48)49)56-23-17-11-5/h25-27H,7-24H2,1-6H3. The van der Waals surface area contributed by atoms with Crippen molar-refractivity contribution in [2.45, 2.75) is 119 Å². The highest BCUT2D eigenvalue weighted by Gasteiger charge is 2.41. The SMILES string of the molecule is CCCCOc1cc2c3cc(OCCCC)c(OCCCC)c([N+](=O)[O-])c3c3c([N+](=O)[O-])c(OCCCC)c(OCCCC)c([N+](=O)[O-])c3c2cc1OCCCC. The molecule has 0 saturated heterocycles. The van der Waals surface area contributed by atoms with Gasteiger partial charge in [-0.3, -0.25) is 30.3 Å². The first-order valence-corrected chi connectivity index (χ1v) is 20.4. The third-order valence-electron chi connectivity index (χ3n) is 9.52. The molecule has 0 aliphatic rings. The number of nitro groups is 3. The molecule has 4 aromatic rings. The fourth-order valence-electron chi connectivity index (χ4n) is 6.46. The van der Waals surface area contributed by atoms with Crippen molar-refractivity contribution in [3.8, 4) is 34.5 Å². The van der Waals surface area contributed by atoms with Gasteiger partial charge in [-0.1, -0.05) is 80.1 Å². The fourth-order valence-corrected chi connectivity index (χ4v) is 6.46. The van der Waals surface area contributed by atoms with Gasteiger partial charge in [-0.15, -0.1) is 0 Å². The smallest absolute Gasteiger partial charge is 0.324 e. The van der Waals surface area contributed by atoms with E-state index in [1.165, 1.54) is 0 Å². The molecule has 0 aliphatic carbocycles. The minimum absolute atomic E-state index is 0.00444. The zero-order valence-electron chi connectivity index (χ0n) is 34.2. The lowest BCUT2D eigenvalue weighted by Crippen LogP contribution is -2.10. The van der Waals surface area contributed by atoms with Crippen LogP contribution in [0, 0.1) is 30.3 Å². The van der Waals surface area contributed by atoms with Crippen molar-refractivity contribution in [3.05, 3.63) is 48.5 Å². The first-order chi connectivity index (χ1) is 27.6. The molecule has 15 heteroatoms. The molecule has 0 heterocycles. The normalized spacial score (nSPS) is 11.3.